The van der Waals surface area contributed by atoms with Crippen LogP contribution in [0.4, 0.5) is 11.5 Å². The monoisotopic (exact) mass is 271 g/mol. The summed E-state index contributed by atoms with van der Waals surface area (Å²) in [5.74, 6) is 0.808. The number of nitrogens with zero attached hydrogens (tertiary/aromatic N) is 2. The van der Waals surface area contributed by atoms with Crippen molar-refractivity contribution in [2.45, 2.75) is 13.8 Å². The molecule has 0 amide bonds. The second-order valence-electron chi connectivity index (χ2n) is 4.32. The summed E-state index contributed by atoms with van der Waals surface area (Å²) in [7, 11) is 0. The number of nitrogens with two attached hydrogens (primary N) is 1. The Morgan fingerprint density at radius 3 is 2.74 bits per heavy atom. The first-order valence-electron chi connectivity index (χ1n) is 6.22. The van der Waals surface area contributed by atoms with Crippen molar-refractivity contribution in [2.24, 2.45) is 5.73 Å². The molecule has 0 saturated carbocycles. The van der Waals surface area contributed by atoms with Gasteiger partial charge in [-0.05, 0) is 43.7 Å². The van der Waals surface area contributed by atoms with Gasteiger partial charge in [-0.1, -0.05) is 24.4 Å². The van der Waals surface area contributed by atoms with E-state index in [2.05, 4.69) is 41.9 Å². The van der Waals surface area contributed by atoms with Crippen LogP contribution in [0.5, 0.6) is 0 Å². The zero-order chi connectivity index (χ0) is 13.8. The summed E-state index contributed by atoms with van der Waals surface area (Å²) in [6.45, 7) is 4.96. The minimum atomic E-state index is 0.370. The Bertz CT molecular complexity index is 595. The number of hydrogen-bond acceptors (Lipinski definition) is 3. The summed E-state index contributed by atoms with van der Waals surface area (Å²) in [4.78, 5) is 6.92. The molecule has 1 aromatic heterocycles. The van der Waals surface area contributed by atoms with Gasteiger partial charge in [0, 0.05) is 18.4 Å². The smallest absolute Gasteiger partial charge is 0.143 e. The lowest BCUT2D eigenvalue weighted by Gasteiger charge is -2.24. The number of rotatable bonds is 4. The lowest BCUT2D eigenvalue weighted by molar-refractivity contribution is 0.986. The average molecular weight is 271 g/mol. The topological polar surface area (TPSA) is 42.2 Å². The Morgan fingerprint density at radius 1 is 1.32 bits per heavy atom. The number of aryl methyl sites for hydroxylation is 1. The quantitative estimate of drug-likeness (QED) is 0.867. The molecule has 0 aliphatic carbocycles. The predicted molar refractivity (Wildman–Crippen MR) is 84.0 cm³/mol. The summed E-state index contributed by atoms with van der Waals surface area (Å²) in [6, 6.07) is 12.1. The van der Waals surface area contributed by atoms with Crippen LogP contribution in [0.3, 0.4) is 0 Å². The molecule has 2 aromatic rings. The molecule has 1 heterocycles. The summed E-state index contributed by atoms with van der Waals surface area (Å²) >= 11 is 5.10. The molecular formula is C15H17N3S. The lowest BCUT2D eigenvalue weighted by Crippen LogP contribution is -2.22. The first kappa shape index (κ1) is 13.5. The number of pyridine rings is 1. The van der Waals surface area contributed by atoms with Crippen LogP contribution in [0, 0.1) is 6.92 Å². The molecule has 0 aliphatic heterocycles. The van der Waals surface area contributed by atoms with Crippen molar-refractivity contribution in [1.82, 2.24) is 4.98 Å². The Morgan fingerprint density at radius 2 is 2.11 bits per heavy atom. The molecule has 3 nitrogen and oxygen atoms in total. The molecule has 19 heavy (non-hydrogen) atoms. The normalized spacial score (nSPS) is 10.2. The number of hydrogen-bond donors (Lipinski definition) is 1. The van der Waals surface area contributed by atoms with Crippen LogP contribution in [-0.2, 0) is 0 Å². The molecule has 98 valence electrons. The fourth-order valence-corrected chi connectivity index (χ4v) is 2.21. The third kappa shape index (κ3) is 2.90. The van der Waals surface area contributed by atoms with E-state index in [1.54, 1.807) is 6.20 Å². The number of benzene rings is 1. The van der Waals surface area contributed by atoms with Crippen molar-refractivity contribution in [3.63, 3.8) is 0 Å². The van der Waals surface area contributed by atoms with Gasteiger partial charge in [-0.25, -0.2) is 4.98 Å². The fourth-order valence-electron chi connectivity index (χ4n) is 2.05. The average Bonchev–Trinajstić information content (AvgIpc) is 2.40. The highest BCUT2D eigenvalue weighted by atomic mass is 32.1. The zero-order valence-electron chi connectivity index (χ0n) is 11.1. The molecule has 1 aromatic carbocycles. The summed E-state index contributed by atoms with van der Waals surface area (Å²) in [5, 5.41) is 0. The van der Waals surface area contributed by atoms with E-state index in [4.69, 9.17) is 18.0 Å². The van der Waals surface area contributed by atoms with Crippen molar-refractivity contribution < 1.29 is 0 Å². The van der Waals surface area contributed by atoms with E-state index in [-0.39, 0.29) is 0 Å². The summed E-state index contributed by atoms with van der Waals surface area (Å²) in [6.07, 6.45) is 1.76. The molecule has 4 heteroatoms. The van der Waals surface area contributed by atoms with E-state index in [9.17, 15) is 0 Å². The predicted octanol–water partition coefficient (Wildman–Crippen LogP) is 3.18. The van der Waals surface area contributed by atoms with Gasteiger partial charge in [0.1, 0.15) is 10.8 Å². The maximum atomic E-state index is 5.78. The van der Waals surface area contributed by atoms with Crippen LogP contribution < -0.4 is 10.6 Å². The zero-order valence-corrected chi connectivity index (χ0v) is 11.9. The highest BCUT2D eigenvalue weighted by molar-refractivity contribution is 7.80. The molecule has 2 rings (SSSR count). The number of aromatic nitrogens is 1. The Labute approximate surface area is 119 Å². The molecule has 0 spiro atoms. The van der Waals surface area contributed by atoms with Crippen molar-refractivity contribution in [2.75, 3.05) is 11.4 Å². The number of anilines is 2. The van der Waals surface area contributed by atoms with Crippen LogP contribution in [0.2, 0.25) is 0 Å². The van der Waals surface area contributed by atoms with Crippen molar-refractivity contribution in [1.29, 1.82) is 0 Å². The van der Waals surface area contributed by atoms with Crippen molar-refractivity contribution in [3.05, 3.63) is 53.7 Å². The van der Waals surface area contributed by atoms with Crippen LogP contribution >= 0.6 is 12.2 Å². The molecule has 0 fully saturated rings. The van der Waals surface area contributed by atoms with Gasteiger partial charge in [0.2, 0.25) is 0 Å². The molecule has 2 N–H and O–H groups in total. The van der Waals surface area contributed by atoms with Gasteiger partial charge in [0.25, 0.3) is 0 Å². The maximum absolute atomic E-state index is 5.78. The van der Waals surface area contributed by atoms with E-state index in [1.165, 1.54) is 5.56 Å². The van der Waals surface area contributed by atoms with Gasteiger partial charge >= 0.3 is 0 Å². The largest absolute Gasteiger partial charge is 0.389 e. The fraction of sp³-hybridized carbons (Fsp3) is 0.200. The van der Waals surface area contributed by atoms with E-state index < -0.39 is 0 Å². The first-order chi connectivity index (χ1) is 9.13. The second kappa shape index (κ2) is 5.80. The molecule has 0 unspecified atom stereocenters. The first-order valence-corrected chi connectivity index (χ1v) is 6.63. The van der Waals surface area contributed by atoms with E-state index in [0.717, 1.165) is 23.6 Å². The van der Waals surface area contributed by atoms with Gasteiger partial charge in [0.15, 0.2) is 0 Å². The summed E-state index contributed by atoms with van der Waals surface area (Å²) < 4.78 is 0. The van der Waals surface area contributed by atoms with Gasteiger partial charge < -0.3 is 10.6 Å². The third-order valence-corrected chi connectivity index (χ3v) is 3.16. The minimum absolute atomic E-state index is 0.370. The maximum Gasteiger partial charge on any atom is 0.143 e. The van der Waals surface area contributed by atoms with Crippen LogP contribution in [-0.4, -0.2) is 16.5 Å². The molecule has 0 atom stereocenters. The van der Waals surface area contributed by atoms with E-state index in [0.29, 0.717) is 4.99 Å². The SMILES string of the molecule is CCN(c1cccc(C)c1)c1ncccc1C(N)=S. The van der Waals surface area contributed by atoms with Gasteiger partial charge in [0.05, 0.1) is 5.56 Å². The Hall–Kier alpha value is -1.94. The lowest BCUT2D eigenvalue weighted by atomic mass is 10.2. The highest BCUT2D eigenvalue weighted by Crippen LogP contribution is 2.26. The van der Waals surface area contributed by atoms with Gasteiger partial charge in [-0.15, -0.1) is 0 Å². The van der Waals surface area contributed by atoms with Crippen molar-refractivity contribution in [3.8, 4) is 0 Å². The van der Waals surface area contributed by atoms with Crippen molar-refractivity contribution >= 4 is 28.7 Å². The Balaban J connectivity index is 2.51. The van der Waals surface area contributed by atoms with E-state index in [1.807, 2.05) is 18.2 Å². The molecule has 0 aliphatic rings. The van der Waals surface area contributed by atoms with E-state index >= 15 is 0 Å². The molecular weight excluding hydrogens is 254 g/mol. The van der Waals surface area contributed by atoms with Crippen LogP contribution in [0.15, 0.2) is 42.6 Å². The highest BCUT2D eigenvalue weighted by Gasteiger charge is 2.14. The standard InChI is InChI=1S/C15H17N3S/c1-3-18(12-7-4-6-11(2)10-12)15-13(14(16)19)8-5-9-17-15/h4-10H,3H2,1-2H3,(H2,16,19). The molecule has 0 bridgehead atoms. The van der Waals surface area contributed by atoms with Crippen LogP contribution in [0.25, 0.3) is 0 Å². The Kier molecular flexibility index (Phi) is 4.12. The summed E-state index contributed by atoms with van der Waals surface area (Å²) in [5.41, 5.74) is 8.89. The second-order valence-corrected chi connectivity index (χ2v) is 4.76. The number of thiocarbonyl (C=S) groups is 1. The molecule has 0 radical (unpaired) electrons. The van der Waals surface area contributed by atoms with Gasteiger partial charge in [-0.2, -0.15) is 0 Å². The van der Waals surface area contributed by atoms with Gasteiger partial charge in [-0.3, -0.25) is 0 Å². The van der Waals surface area contributed by atoms with Crippen LogP contribution in [0.1, 0.15) is 18.1 Å². The third-order valence-electron chi connectivity index (χ3n) is 2.94. The molecule has 0 saturated heterocycles. The minimum Gasteiger partial charge on any atom is -0.389 e.